The van der Waals surface area contributed by atoms with Crippen molar-refractivity contribution in [3.8, 4) is 0 Å². The van der Waals surface area contributed by atoms with Gasteiger partial charge in [0.2, 0.25) is 0 Å². The third-order valence-corrected chi connectivity index (χ3v) is 4.24. The van der Waals surface area contributed by atoms with Crippen molar-refractivity contribution in [3.63, 3.8) is 0 Å². The average molecular weight is 360 g/mol. The summed E-state index contributed by atoms with van der Waals surface area (Å²) in [4.78, 5) is 27.0. The largest absolute Gasteiger partial charge is 0.418 e. The van der Waals surface area contributed by atoms with Crippen LogP contribution in [0.2, 0.25) is 0 Å². The van der Waals surface area contributed by atoms with Crippen LogP contribution in [0.1, 0.15) is 23.3 Å². The number of urea groups is 1. The quantitative estimate of drug-likeness (QED) is 0.647. The third-order valence-electron chi connectivity index (χ3n) is 3.89. The van der Waals surface area contributed by atoms with Crippen LogP contribution in [0.15, 0.2) is 6.20 Å². The first-order valence-corrected chi connectivity index (χ1v) is 8.28. The van der Waals surface area contributed by atoms with E-state index in [1.54, 1.807) is 14.1 Å². The van der Waals surface area contributed by atoms with E-state index in [9.17, 15) is 18.0 Å². The van der Waals surface area contributed by atoms with E-state index in [1.165, 1.54) is 16.0 Å². The lowest BCUT2D eigenvalue weighted by atomic mass is 9.98. The van der Waals surface area contributed by atoms with Gasteiger partial charge < -0.3 is 15.5 Å². The van der Waals surface area contributed by atoms with Crippen LogP contribution in [0.5, 0.6) is 0 Å². The number of fused-ring (bicyclic) bond motifs is 4. The minimum absolute atomic E-state index is 0.0261. The number of aromatic nitrogens is 2. The van der Waals surface area contributed by atoms with Crippen molar-refractivity contribution in [2.24, 2.45) is 5.73 Å². The number of carbonyl (C=O) groups excluding carboxylic acids is 2. The van der Waals surface area contributed by atoms with Gasteiger partial charge >= 0.3 is 22.5 Å². The number of nitrogens with zero attached hydrogens (tertiary/aromatic N) is 5. The van der Waals surface area contributed by atoms with Crippen molar-refractivity contribution in [1.29, 1.82) is 0 Å². The van der Waals surface area contributed by atoms with Crippen molar-refractivity contribution in [3.05, 3.63) is 17.5 Å². The lowest BCUT2D eigenvalue weighted by Crippen LogP contribution is -2.38. The van der Waals surface area contributed by atoms with Gasteiger partial charge in [0.15, 0.2) is 0 Å². The molecule has 0 unspecified atom stereocenters. The van der Waals surface area contributed by atoms with Crippen LogP contribution in [0.25, 0.3) is 0 Å². The molecule has 2 bridgehead atoms. The lowest BCUT2D eigenvalue weighted by molar-refractivity contribution is -0.0317. The van der Waals surface area contributed by atoms with E-state index in [0.717, 1.165) is 4.68 Å². The highest BCUT2D eigenvalue weighted by Crippen LogP contribution is 2.43. The molecule has 3 rings (SSSR count). The van der Waals surface area contributed by atoms with Crippen molar-refractivity contribution in [1.82, 2.24) is 24.6 Å². The van der Waals surface area contributed by atoms with Gasteiger partial charge in [0, 0.05) is 32.4 Å². The highest BCUT2D eigenvalue weighted by atomic mass is 32.3. The number of carbonyl (C=O) groups is 2. The van der Waals surface area contributed by atoms with Gasteiger partial charge in [-0.3, -0.25) is 4.55 Å². The Morgan fingerprint density at radius 1 is 1.54 bits per heavy atom. The number of nitrogens with two attached hydrogens (primary N) is 1. The number of hydroxylamine groups is 2. The molecular weight excluding hydrogens is 344 g/mol. The molecule has 0 saturated carbocycles. The predicted molar refractivity (Wildman–Crippen MR) is 77.8 cm³/mol. The maximum Gasteiger partial charge on any atom is 0.418 e. The zero-order valence-corrected chi connectivity index (χ0v) is 13.7. The number of hydrogen-bond donors (Lipinski definition) is 2. The van der Waals surface area contributed by atoms with Gasteiger partial charge in [0.25, 0.3) is 0 Å². The van der Waals surface area contributed by atoms with E-state index >= 15 is 0 Å². The standard InChI is InChI=1S/C11H16N6O6S/c1-14(2)10(18)16-4-6-8-5-15(7(3-12)9(6)13-16)11(19)17(8)23-24(20,21)22/h4,7-8H,3,5,12H2,1-2H3,(H,20,21,22)/t7-,8-/m1/s1. The molecule has 1 aromatic heterocycles. The maximum absolute atomic E-state index is 12.3. The summed E-state index contributed by atoms with van der Waals surface area (Å²) in [6.45, 7) is 0.128. The molecule has 1 saturated heterocycles. The Kier molecular flexibility index (Phi) is 3.75. The summed E-state index contributed by atoms with van der Waals surface area (Å²) < 4.78 is 36.4. The van der Waals surface area contributed by atoms with Gasteiger partial charge in [0.1, 0.15) is 6.04 Å². The molecule has 2 aliphatic heterocycles. The van der Waals surface area contributed by atoms with Crippen LogP contribution < -0.4 is 5.73 Å². The Morgan fingerprint density at radius 3 is 2.75 bits per heavy atom. The van der Waals surface area contributed by atoms with Gasteiger partial charge in [-0.2, -0.15) is 23.3 Å². The minimum Gasteiger partial charge on any atom is -0.329 e. The molecule has 3 amide bonds. The van der Waals surface area contributed by atoms with E-state index < -0.39 is 34.5 Å². The van der Waals surface area contributed by atoms with Crippen LogP contribution in [-0.4, -0.2) is 76.9 Å². The molecule has 0 aliphatic carbocycles. The Morgan fingerprint density at radius 2 is 2.21 bits per heavy atom. The monoisotopic (exact) mass is 360 g/mol. The van der Waals surface area contributed by atoms with Crippen LogP contribution in [0.4, 0.5) is 9.59 Å². The molecule has 12 nitrogen and oxygen atoms in total. The average Bonchev–Trinajstić information content (AvgIpc) is 3.02. The van der Waals surface area contributed by atoms with E-state index in [4.69, 9.17) is 10.3 Å². The molecule has 3 N–H and O–H groups in total. The molecular formula is C11H16N6O6S. The minimum atomic E-state index is -4.88. The molecule has 0 spiro atoms. The number of hydrogen-bond acceptors (Lipinski definition) is 7. The van der Waals surface area contributed by atoms with Crippen LogP contribution in [0, 0.1) is 0 Å². The van der Waals surface area contributed by atoms with E-state index in [2.05, 4.69) is 9.38 Å². The molecule has 1 fully saturated rings. The Hall–Kier alpha value is -2.22. The van der Waals surface area contributed by atoms with Crippen LogP contribution in [-0.2, 0) is 14.7 Å². The highest BCUT2D eigenvalue weighted by Gasteiger charge is 2.51. The zero-order valence-electron chi connectivity index (χ0n) is 12.9. The summed E-state index contributed by atoms with van der Waals surface area (Å²) in [5, 5.41) is 4.74. The lowest BCUT2D eigenvalue weighted by Gasteiger charge is -2.28. The molecule has 2 atom stereocenters. The number of rotatable bonds is 3. The first-order valence-electron chi connectivity index (χ1n) is 6.92. The Balaban J connectivity index is 2.06. The van der Waals surface area contributed by atoms with Gasteiger partial charge in [-0.05, 0) is 0 Å². The smallest absolute Gasteiger partial charge is 0.329 e. The fraction of sp³-hybridized carbons (Fsp3) is 0.545. The Bertz CT molecular complexity index is 804. The normalized spacial score (nSPS) is 22.8. The molecule has 1 aromatic rings. The summed E-state index contributed by atoms with van der Waals surface area (Å²) in [7, 11) is -1.78. The third kappa shape index (κ3) is 2.50. The molecule has 3 heterocycles. The fourth-order valence-corrected chi connectivity index (χ4v) is 3.25. The van der Waals surface area contributed by atoms with Crippen molar-refractivity contribution >= 4 is 22.5 Å². The second-order valence-corrected chi connectivity index (χ2v) is 6.63. The van der Waals surface area contributed by atoms with Crippen LogP contribution >= 0.6 is 0 Å². The fourth-order valence-electron chi connectivity index (χ4n) is 2.87. The molecule has 24 heavy (non-hydrogen) atoms. The van der Waals surface area contributed by atoms with Gasteiger partial charge in [-0.15, -0.1) is 4.28 Å². The molecule has 13 heteroatoms. The second-order valence-electron chi connectivity index (χ2n) is 5.62. The first-order chi connectivity index (χ1) is 11.1. The molecule has 0 radical (unpaired) electrons. The van der Waals surface area contributed by atoms with E-state index in [-0.39, 0.29) is 13.1 Å². The summed E-state index contributed by atoms with van der Waals surface area (Å²) in [5.74, 6) is 0. The van der Waals surface area contributed by atoms with Gasteiger partial charge in [-0.1, -0.05) is 0 Å². The number of amides is 3. The molecule has 0 aromatic carbocycles. The zero-order chi connectivity index (χ0) is 17.8. The highest BCUT2D eigenvalue weighted by molar-refractivity contribution is 7.80. The van der Waals surface area contributed by atoms with Crippen molar-refractivity contribution in [2.45, 2.75) is 12.1 Å². The van der Waals surface area contributed by atoms with Crippen molar-refractivity contribution < 1.29 is 26.8 Å². The summed E-state index contributed by atoms with van der Waals surface area (Å²) in [6, 6.07) is -2.63. The van der Waals surface area contributed by atoms with E-state index in [1.807, 2.05) is 0 Å². The van der Waals surface area contributed by atoms with Gasteiger partial charge in [0.05, 0.1) is 18.3 Å². The SMILES string of the molecule is CN(C)C(=O)n1cc2c(n1)[C@@H](CN)N1C[C@H]2N(OS(=O)(=O)O)C1=O. The second kappa shape index (κ2) is 5.41. The molecule has 2 aliphatic rings. The van der Waals surface area contributed by atoms with Gasteiger partial charge in [-0.25, -0.2) is 9.59 Å². The topological polar surface area (TPSA) is 151 Å². The predicted octanol–water partition coefficient (Wildman–Crippen LogP) is -1.06. The van der Waals surface area contributed by atoms with Crippen LogP contribution in [0.3, 0.4) is 0 Å². The van der Waals surface area contributed by atoms with Crippen molar-refractivity contribution in [2.75, 3.05) is 27.2 Å². The maximum atomic E-state index is 12.3. The molecule has 132 valence electrons. The summed E-state index contributed by atoms with van der Waals surface area (Å²) in [5.41, 5.74) is 6.54. The summed E-state index contributed by atoms with van der Waals surface area (Å²) in [6.07, 6.45) is 1.40. The Labute approximate surface area is 137 Å². The summed E-state index contributed by atoms with van der Waals surface area (Å²) >= 11 is 0. The first kappa shape index (κ1) is 16.6. The van der Waals surface area contributed by atoms with E-state index in [0.29, 0.717) is 16.3 Å².